The zero-order chi connectivity index (χ0) is 11.2. The van der Waals surface area contributed by atoms with Crippen LogP contribution in [0.1, 0.15) is 19.3 Å². The van der Waals surface area contributed by atoms with E-state index in [1.165, 1.54) is 24.9 Å². The number of hydrogen-bond acceptors (Lipinski definition) is 1. The summed E-state index contributed by atoms with van der Waals surface area (Å²) in [4.78, 5) is 0. The molecule has 3 aliphatic carbocycles. The van der Waals surface area contributed by atoms with Gasteiger partial charge in [0.15, 0.2) is 0 Å². The van der Waals surface area contributed by atoms with Crippen molar-refractivity contribution >= 4 is 5.69 Å². The molecular weight excluding hydrogens is 206 g/mol. The predicted octanol–water partition coefficient (Wildman–Crippen LogP) is 3.70. The van der Waals surface area contributed by atoms with Crippen molar-refractivity contribution in [2.45, 2.75) is 25.3 Å². The number of rotatable bonds is 2. The van der Waals surface area contributed by atoms with Gasteiger partial charge >= 0.3 is 0 Å². The number of allylic oxidation sites excluding steroid dienone is 2. The van der Waals surface area contributed by atoms with Crippen LogP contribution in [0, 0.1) is 23.7 Å². The van der Waals surface area contributed by atoms with Crippen LogP contribution in [-0.2, 0) is 0 Å². The first kappa shape index (κ1) is 9.76. The molecule has 2 saturated carbocycles. The molecule has 1 aromatic carbocycles. The van der Waals surface area contributed by atoms with Crippen LogP contribution in [0.2, 0.25) is 0 Å². The zero-order valence-corrected chi connectivity index (χ0v) is 10.0. The topological polar surface area (TPSA) is 12.0 Å². The van der Waals surface area contributed by atoms with Crippen molar-refractivity contribution < 1.29 is 0 Å². The van der Waals surface area contributed by atoms with Gasteiger partial charge in [0.05, 0.1) is 0 Å². The van der Waals surface area contributed by atoms with E-state index in [2.05, 4.69) is 47.8 Å². The molecule has 0 aromatic heterocycles. The SMILES string of the molecule is C1=CC2C3CC(C2C1)[C@H](Nc1ccccc1)C3. The lowest BCUT2D eigenvalue weighted by Gasteiger charge is -2.32. The Labute approximate surface area is 103 Å². The van der Waals surface area contributed by atoms with Crippen LogP contribution in [0.3, 0.4) is 0 Å². The molecule has 88 valence electrons. The van der Waals surface area contributed by atoms with E-state index in [1.807, 2.05) is 0 Å². The molecule has 1 aromatic rings. The summed E-state index contributed by atoms with van der Waals surface area (Å²) >= 11 is 0. The Morgan fingerprint density at radius 2 is 1.88 bits per heavy atom. The van der Waals surface area contributed by atoms with Crippen molar-refractivity contribution in [1.82, 2.24) is 0 Å². The minimum absolute atomic E-state index is 0.726. The highest BCUT2D eigenvalue weighted by molar-refractivity contribution is 5.44. The normalized spacial score (nSPS) is 41.8. The fourth-order valence-electron chi connectivity index (χ4n) is 4.47. The molecule has 4 unspecified atom stereocenters. The van der Waals surface area contributed by atoms with E-state index in [1.54, 1.807) is 0 Å². The summed E-state index contributed by atoms with van der Waals surface area (Å²) in [5.74, 6) is 3.76. The molecule has 3 aliphatic rings. The summed E-state index contributed by atoms with van der Waals surface area (Å²) in [6.45, 7) is 0. The molecule has 2 bridgehead atoms. The lowest BCUT2D eigenvalue weighted by Crippen LogP contribution is -2.33. The number of hydrogen-bond donors (Lipinski definition) is 1. The second-order valence-corrected chi connectivity index (χ2v) is 5.92. The molecule has 0 radical (unpaired) electrons. The standard InChI is InChI=1S/C16H19N/c1-2-5-12(6-3-1)17-16-10-11-9-15(16)14-8-4-7-13(11)14/h1-7,11,13-17H,8-10H2/t11?,13?,14?,15?,16-/m1/s1. The molecule has 0 aliphatic heterocycles. The Hall–Kier alpha value is -1.24. The second kappa shape index (κ2) is 3.63. The third-order valence-electron chi connectivity index (χ3n) is 5.13. The molecular formula is C16H19N. The van der Waals surface area contributed by atoms with Gasteiger partial charge in [-0.25, -0.2) is 0 Å². The Morgan fingerprint density at radius 3 is 2.76 bits per heavy atom. The Morgan fingerprint density at radius 1 is 1.00 bits per heavy atom. The Balaban J connectivity index is 1.52. The van der Waals surface area contributed by atoms with Gasteiger partial charge in [-0.05, 0) is 55.1 Å². The Kier molecular flexibility index (Phi) is 2.08. The smallest absolute Gasteiger partial charge is 0.0342 e. The van der Waals surface area contributed by atoms with Crippen molar-refractivity contribution in [3.05, 3.63) is 42.5 Å². The van der Waals surface area contributed by atoms with Crippen molar-refractivity contribution in [3.8, 4) is 0 Å². The largest absolute Gasteiger partial charge is 0.382 e. The fourth-order valence-corrected chi connectivity index (χ4v) is 4.47. The summed E-state index contributed by atoms with van der Waals surface area (Å²) < 4.78 is 0. The third-order valence-corrected chi connectivity index (χ3v) is 5.13. The van der Waals surface area contributed by atoms with E-state index in [9.17, 15) is 0 Å². The van der Waals surface area contributed by atoms with Crippen molar-refractivity contribution in [1.29, 1.82) is 0 Å². The van der Waals surface area contributed by atoms with Gasteiger partial charge in [0, 0.05) is 11.7 Å². The number of para-hydroxylation sites is 1. The van der Waals surface area contributed by atoms with E-state index < -0.39 is 0 Å². The van der Waals surface area contributed by atoms with Crippen molar-refractivity contribution in [2.24, 2.45) is 23.7 Å². The van der Waals surface area contributed by atoms with Gasteiger partial charge in [0.2, 0.25) is 0 Å². The van der Waals surface area contributed by atoms with Crippen LogP contribution in [-0.4, -0.2) is 6.04 Å². The molecule has 2 fully saturated rings. The average molecular weight is 225 g/mol. The minimum Gasteiger partial charge on any atom is -0.382 e. The number of fused-ring (bicyclic) bond motifs is 5. The summed E-state index contributed by atoms with van der Waals surface area (Å²) in [6.07, 6.45) is 9.08. The number of nitrogens with one attached hydrogen (secondary N) is 1. The van der Waals surface area contributed by atoms with Gasteiger partial charge < -0.3 is 5.32 Å². The van der Waals surface area contributed by atoms with Crippen LogP contribution < -0.4 is 5.32 Å². The number of benzene rings is 1. The van der Waals surface area contributed by atoms with E-state index in [0.29, 0.717) is 0 Å². The van der Waals surface area contributed by atoms with Crippen molar-refractivity contribution in [3.63, 3.8) is 0 Å². The second-order valence-electron chi connectivity index (χ2n) is 5.92. The Bertz CT molecular complexity index is 436. The molecule has 1 heteroatoms. The summed E-state index contributed by atoms with van der Waals surface area (Å²) in [6, 6.07) is 11.4. The molecule has 1 N–H and O–H groups in total. The lowest BCUT2D eigenvalue weighted by atomic mass is 9.79. The van der Waals surface area contributed by atoms with Crippen LogP contribution >= 0.6 is 0 Å². The lowest BCUT2D eigenvalue weighted by molar-refractivity contribution is 0.266. The van der Waals surface area contributed by atoms with E-state index in [-0.39, 0.29) is 0 Å². The van der Waals surface area contributed by atoms with Gasteiger partial charge in [-0.2, -0.15) is 0 Å². The van der Waals surface area contributed by atoms with Gasteiger partial charge in [0.25, 0.3) is 0 Å². The maximum atomic E-state index is 3.76. The molecule has 17 heavy (non-hydrogen) atoms. The highest BCUT2D eigenvalue weighted by atomic mass is 14.9. The minimum atomic E-state index is 0.726. The molecule has 5 atom stereocenters. The van der Waals surface area contributed by atoms with E-state index in [0.717, 1.165) is 29.7 Å². The first-order chi connectivity index (χ1) is 8.42. The summed E-state index contributed by atoms with van der Waals surface area (Å²) in [7, 11) is 0. The average Bonchev–Trinajstić information content (AvgIpc) is 3.01. The highest BCUT2D eigenvalue weighted by Crippen LogP contribution is 2.56. The first-order valence-electron chi connectivity index (χ1n) is 6.90. The molecule has 0 spiro atoms. The first-order valence-corrected chi connectivity index (χ1v) is 6.90. The van der Waals surface area contributed by atoms with Gasteiger partial charge in [-0.15, -0.1) is 0 Å². The van der Waals surface area contributed by atoms with Crippen LogP contribution in [0.15, 0.2) is 42.5 Å². The molecule has 0 amide bonds. The maximum absolute atomic E-state index is 3.76. The fraction of sp³-hybridized carbons (Fsp3) is 0.500. The van der Waals surface area contributed by atoms with Crippen LogP contribution in [0.4, 0.5) is 5.69 Å². The number of anilines is 1. The van der Waals surface area contributed by atoms with Gasteiger partial charge in [-0.1, -0.05) is 30.4 Å². The maximum Gasteiger partial charge on any atom is 0.0342 e. The quantitative estimate of drug-likeness (QED) is 0.757. The highest BCUT2D eigenvalue weighted by Gasteiger charge is 2.52. The zero-order valence-electron chi connectivity index (χ0n) is 10.0. The molecule has 0 heterocycles. The van der Waals surface area contributed by atoms with Gasteiger partial charge in [-0.3, -0.25) is 0 Å². The molecule has 0 saturated heterocycles. The molecule has 4 rings (SSSR count). The van der Waals surface area contributed by atoms with E-state index in [4.69, 9.17) is 0 Å². The summed E-state index contributed by atoms with van der Waals surface area (Å²) in [5, 5.41) is 3.76. The van der Waals surface area contributed by atoms with Gasteiger partial charge in [0.1, 0.15) is 0 Å². The van der Waals surface area contributed by atoms with Crippen molar-refractivity contribution in [2.75, 3.05) is 5.32 Å². The summed E-state index contributed by atoms with van der Waals surface area (Å²) in [5.41, 5.74) is 1.30. The third kappa shape index (κ3) is 1.45. The van der Waals surface area contributed by atoms with Crippen LogP contribution in [0.5, 0.6) is 0 Å². The van der Waals surface area contributed by atoms with Crippen LogP contribution in [0.25, 0.3) is 0 Å². The molecule has 1 nitrogen and oxygen atoms in total. The monoisotopic (exact) mass is 225 g/mol. The predicted molar refractivity (Wildman–Crippen MR) is 70.8 cm³/mol. The van der Waals surface area contributed by atoms with E-state index >= 15 is 0 Å².